The second-order valence-electron chi connectivity index (χ2n) is 5.73. The van der Waals surface area contributed by atoms with Gasteiger partial charge in [0.2, 0.25) is 5.91 Å². The standard InChI is InChI=1S/C17H19N5O2/c1-3-15(23)19-13-8-6-12(7-9-13)17(24)22-10-4-5-14(22)16-20-18-11-21(16)2/h3,6-9,11,14H,1,4-5,10H2,2H3,(H,19,23). The van der Waals surface area contributed by atoms with E-state index in [0.717, 1.165) is 18.7 Å². The summed E-state index contributed by atoms with van der Waals surface area (Å²) in [6.07, 6.45) is 4.67. The fourth-order valence-electron chi connectivity index (χ4n) is 2.93. The number of carbonyl (C=O) groups excluding carboxylic acids is 2. The zero-order valence-corrected chi connectivity index (χ0v) is 13.5. The Balaban J connectivity index is 1.77. The van der Waals surface area contributed by atoms with E-state index in [1.165, 1.54) is 6.08 Å². The summed E-state index contributed by atoms with van der Waals surface area (Å²) in [5, 5.41) is 10.7. The van der Waals surface area contributed by atoms with Crippen molar-refractivity contribution in [2.24, 2.45) is 7.05 Å². The summed E-state index contributed by atoms with van der Waals surface area (Å²) < 4.78 is 1.85. The van der Waals surface area contributed by atoms with E-state index in [0.29, 0.717) is 17.8 Å². The Morgan fingerprint density at radius 3 is 2.71 bits per heavy atom. The number of nitrogens with zero attached hydrogens (tertiary/aromatic N) is 4. The van der Waals surface area contributed by atoms with E-state index in [9.17, 15) is 9.59 Å². The maximum Gasteiger partial charge on any atom is 0.254 e. The molecule has 3 rings (SSSR count). The first-order valence-electron chi connectivity index (χ1n) is 7.78. The number of benzene rings is 1. The van der Waals surface area contributed by atoms with Crippen molar-refractivity contribution in [3.63, 3.8) is 0 Å². The highest BCUT2D eigenvalue weighted by atomic mass is 16.2. The van der Waals surface area contributed by atoms with Crippen LogP contribution in [0.5, 0.6) is 0 Å². The van der Waals surface area contributed by atoms with Gasteiger partial charge in [0.15, 0.2) is 5.82 Å². The second-order valence-corrected chi connectivity index (χ2v) is 5.73. The molecule has 1 aromatic carbocycles. The van der Waals surface area contributed by atoms with Crippen molar-refractivity contribution in [2.45, 2.75) is 18.9 Å². The molecule has 1 unspecified atom stereocenters. The Morgan fingerprint density at radius 1 is 1.33 bits per heavy atom. The van der Waals surface area contributed by atoms with Gasteiger partial charge in [0, 0.05) is 24.8 Å². The van der Waals surface area contributed by atoms with Gasteiger partial charge in [0.25, 0.3) is 5.91 Å². The quantitative estimate of drug-likeness (QED) is 0.871. The minimum Gasteiger partial charge on any atom is -0.328 e. The molecule has 1 fully saturated rings. The number of likely N-dealkylation sites (tertiary alicyclic amines) is 1. The van der Waals surface area contributed by atoms with Gasteiger partial charge in [0.1, 0.15) is 6.33 Å². The Bertz CT molecular complexity index is 766. The van der Waals surface area contributed by atoms with Crippen LogP contribution in [0.2, 0.25) is 0 Å². The summed E-state index contributed by atoms with van der Waals surface area (Å²) in [6, 6.07) is 6.80. The largest absolute Gasteiger partial charge is 0.328 e. The highest BCUT2D eigenvalue weighted by molar-refractivity contribution is 5.99. The Labute approximate surface area is 140 Å². The second kappa shape index (κ2) is 6.66. The third-order valence-corrected chi connectivity index (χ3v) is 4.14. The third kappa shape index (κ3) is 3.05. The summed E-state index contributed by atoms with van der Waals surface area (Å²) >= 11 is 0. The molecule has 7 heteroatoms. The molecule has 1 saturated heterocycles. The zero-order valence-electron chi connectivity index (χ0n) is 13.5. The Hall–Kier alpha value is -2.96. The first-order chi connectivity index (χ1) is 11.6. The third-order valence-electron chi connectivity index (χ3n) is 4.14. The molecular weight excluding hydrogens is 306 g/mol. The molecule has 124 valence electrons. The summed E-state index contributed by atoms with van der Waals surface area (Å²) in [5.41, 5.74) is 1.21. The molecule has 2 heterocycles. The zero-order chi connectivity index (χ0) is 17.1. The van der Waals surface area contributed by atoms with Gasteiger partial charge in [-0.15, -0.1) is 10.2 Å². The average Bonchev–Trinajstić information content (AvgIpc) is 3.23. The maximum atomic E-state index is 12.8. The molecule has 0 aliphatic carbocycles. The SMILES string of the molecule is C=CC(=O)Nc1ccc(C(=O)N2CCCC2c2nncn2C)cc1. The van der Waals surface area contributed by atoms with Crippen molar-refractivity contribution >= 4 is 17.5 Å². The van der Waals surface area contributed by atoms with Gasteiger partial charge in [-0.2, -0.15) is 0 Å². The van der Waals surface area contributed by atoms with Gasteiger partial charge in [-0.1, -0.05) is 6.58 Å². The number of aryl methyl sites for hydroxylation is 1. The van der Waals surface area contributed by atoms with E-state index < -0.39 is 0 Å². The minimum absolute atomic E-state index is 0.0397. The number of nitrogens with one attached hydrogen (secondary N) is 1. The Kier molecular flexibility index (Phi) is 4.41. The lowest BCUT2D eigenvalue weighted by Crippen LogP contribution is -2.31. The number of hydrogen-bond donors (Lipinski definition) is 1. The van der Waals surface area contributed by atoms with Gasteiger partial charge < -0.3 is 14.8 Å². The van der Waals surface area contributed by atoms with E-state index >= 15 is 0 Å². The molecule has 0 saturated carbocycles. The molecule has 0 spiro atoms. The highest BCUT2D eigenvalue weighted by Crippen LogP contribution is 2.31. The van der Waals surface area contributed by atoms with E-state index in [4.69, 9.17) is 0 Å². The van der Waals surface area contributed by atoms with Crippen LogP contribution in [0.15, 0.2) is 43.2 Å². The lowest BCUT2D eigenvalue weighted by Gasteiger charge is -2.24. The molecule has 1 aliphatic rings. The first-order valence-corrected chi connectivity index (χ1v) is 7.78. The average molecular weight is 325 g/mol. The number of carbonyl (C=O) groups is 2. The van der Waals surface area contributed by atoms with Crippen LogP contribution in [0, 0.1) is 0 Å². The number of amides is 2. The Morgan fingerprint density at radius 2 is 2.08 bits per heavy atom. The molecule has 1 atom stereocenters. The molecule has 2 aromatic rings. The smallest absolute Gasteiger partial charge is 0.254 e. The summed E-state index contributed by atoms with van der Waals surface area (Å²) in [7, 11) is 1.88. The van der Waals surface area contributed by atoms with Gasteiger partial charge in [0.05, 0.1) is 6.04 Å². The highest BCUT2D eigenvalue weighted by Gasteiger charge is 2.33. The van der Waals surface area contributed by atoms with Gasteiger partial charge in [-0.3, -0.25) is 9.59 Å². The van der Waals surface area contributed by atoms with Crippen LogP contribution in [-0.2, 0) is 11.8 Å². The van der Waals surface area contributed by atoms with Crippen LogP contribution >= 0.6 is 0 Å². The lowest BCUT2D eigenvalue weighted by molar-refractivity contribution is -0.111. The predicted molar refractivity (Wildman–Crippen MR) is 89.3 cm³/mol. The van der Waals surface area contributed by atoms with Crippen LogP contribution in [0.25, 0.3) is 0 Å². The summed E-state index contributed by atoms with van der Waals surface area (Å²) in [6.45, 7) is 4.11. The summed E-state index contributed by atoms with van der Waals surface area (Å²) in [4.78, 5) is 25.9. The van der Waals surface area contributed by atoms with Crippen molar-refractivity contribution in [2.75, 3.05) is 11.9 Å². The van der Waals surface area contributed by atoms with E-state index in [2.05, 4.69) is 22.1 Å². The fraction of sp³-hybridized carbons (Fsp3) is 0.294. The van der Waals surface area contributed by atoms with Crippen LogP contribution in [0.1, 0.15) is 35.1 Å². The van der Waals surface area contributed by atoms with Gasteiger partial charge in [-0.05, 0) is 43.2 Å². The van der Waals surface area contributed by atoms with Gasteiger partial charge >= 0.3 is 0 Å². The monoisotopic (exact) mass is 325 g/mol. The summed E-state index contributed by atoms with van der Waals surface area (Å²) in [5.74, 6) is 0.480. The van der Waals surface area contributed by atoms with Crippen LogP contribution in [0.3, 0.4) is 0 Å². The van der Waals surface area contributed by atoms with Crippen molar-refractivity contribution < 1.29 is 9.59 Å². The van der Waals surface area contributed by atoms with Crippen molar-refractivity contribution in [1.82, 2.24) is 19.7 Å². The molecule has 1 aliphatic heterocycles. The van der Waals surface area contributed by atoms with Crippen LogP contribution < -0.4 is 5.32 Å². The maximum absolute atomic E-state index is 12.8. The van der Waals surface area contributed by atoms with E-state index in [1.54, 1.807) is 30.6 Å². The van der Waals surface area contributed by atoms with Crippen LogP contribution in [0.4, 0.5) is 5.69 Å². The molecule has 7 nitrogen and oxygen atoms in total. The normalized spacial score (nSPS) is 16.9. The van der Waals surface area contributed by atoms with Crippen LogP contribution in [-0.4, -0.2) is 38.0 Å². The van der Waals surface area contributed by atoms with Gasteiger partial charge in [-0.25, -0.2) is 0 Å². The lowest BCUT2D eigenvalue weighted by atomic mass is 10.1. The molecular formula is C17H19N5O2. The first kappa shape index (κ1) is 15.9. The molecule has 1 aromatic heterocycles. The van der Waals surface area contributed by atoms with Crippen molar-refractivity contribution in [1.29, 1.82) is 0 Å². The fourth-order valence-corrected chi connectivity index (χ4v) is 2.93. The predicted octanol–water partition coefficient (Wildman–Crippen LogP) is 1.92. The van der Waals surface area contributed by atoms with E-state index in [-0.39, 0.29) is 17.9 Å². The number of hydrogen-bond acceptors (Lipinski definition) is 4. The van der Waals surface area contributed by atoms with Crippen molar-refractivity contribution in [3.05, 3.63) is 54.6 Å². The topological polar surface area (TPSA) is 80.1 Å². The molecule has 1 N–H and O–H groups in total. The molecule has 0 radical (unpaired) electrons. The van der Waals surface area contributed by atoms with E-state index in [1.807, 2.05) is 16.5 Å². The van der Waals surface area contributed by atoms with Crippen molar-refractivity contribution in [3.8, 4) is 0 Å². The molecule has 24 heavy (non-hydrogen) atoms. The number of rotatable bonds is 4. The minimum atomic E-state index is -0.282. The molecule has 0 bridgehead atoms. The number of anilines is 1. The number of aromatic nitrogens is 3. The molecule has 2 amide bonds.